The molecule has 5 rings (SSSR count). The van der Waals surface area contributed by atoms with Gasteiger partial charge in [-0.25, -0.2) is 0 Å². The molecule has 0 amide bonds. The Morgan fingerprint density at radius 1 is 1.00 bits per heavy atom. The fraction of sp³-hybridized carbons (Fsp3) is 0.700. The number of allylic oxidation sites excluding steroid dienone is 1. The number of hydrogen-bond donors (Lipinski definition) is 0. The summed E-state index contributed by atoms with van der Waals surface area (Å²) in [7, 11) is 1.70. The Labute approximate surface area is 200 Å². The van der Waals surface area contributed by atoms with Gasteiger partial charge in [-0.3, -0.25) is 4.79 Å². The maximum atomic E-state index is 12.7. The van der Waals surface area contributed by atoms with E-state index >= 15 is 0 Å². The highest BCUT2D eigenvalue weighted by molar-refractivity contribution is 5.83. The number of carbonyl (C=O) groups excluding carboxylic acids is 1. The van der Waals surface area contributed by atoms with Crippen LogP contribution in [-0.4, -0.2) is 19.0 Å². The Hall–Kier alpha value is -1.61. The molecule has 4 aliphatic rings. The lowest BCUT2D eigenvalue weighted by molar-refractivity contribution is -0.138. The number of benzene rings is 1. The fourth-order valence-corrected chi connectivity index (χ4v) is 8.55. The number of carbonyl (C=O) groups is 1. The third-order valence-electron chi connectivity index (χ3n) is 11.1. The van der Waals surface area contributed by atoms with E-state index in [4.69, 9.17) is 9.47 Å². The first kappa shape index (κ1) is 23.1. The second kappa shape index (κ2) is 8.26. The molecule has 4 aliphatic carbocycles. The molecular weight excluding hydrogens is 408 g/mol. The van der Waals surface area contributed by atoms with Crippen LogP contribution in [0.3, 0.4) is 0 Å². The molecule has 0 N–H and O–H groups in total. The molecule has 0 bridgehead atoms. The minimum absolute atomic E-state index is 0.125. The number of rotatable bonds is 5. The van der Waals surface area contributed by atoms with Gasteiger partial charge in [0.25, 0.3) is 0 Å². The van der Waals surface area contributed by atoms with E-state index in [2.05, 4.69) is 39.0 Å². The normalized spacial score (nSPS) is 42.0. The number of Topliss-reactive ketones (excluding diaryl/α,β-unsaturated/α-hetero) is 1. The number of hydrogen-bond acceptors (Lipinski definition) is 3. The summed E-state index contributed by atoms with van der Waals surface area (Å²) < 4.78 is 11.7. The predicted octanol–water partition coefficient (Wildman–Crippen LogP) is 7.14. The number of ether oxygens (including phenoxy) is 2. The maximum absolute atomic E-state index is 12.7. The van der Waals surface area contributed by atoms with Crippen molar-refractivity contribution in [1.82, 2.24) is 0 Å². The molecule has 0 unspecified atom stereocenters. The summed E-state index contributed by atoms with van der Waals surface area (Å²) in [5, 5.41) is 0. The van der Waals surface area contributed by atoms with Gasteiger partial charge in [-0.05, 0) is 105 Å². The maximum Gasteiger partial charge on any atom is 0.136 e. The lowest BCUT2D eigenvalue weighted by Gasteiger charge is -2.59. The van der Waals surface area contributed by atoms with E-state index in [1.807, 2.05) is 19.1 Å². The van der Waals surface area contributed by atoms with Crippen LogP contribution in [0.4, 0.5) is 0 Å². The van der Waals surface area contributed by atoms with Gasteiger partial charge in [0.1, 0.15) is 11.5 Å². The molecular formula is C30H42O3. The van der Waals surface area contributed by atoms with Crippen LogP contribution in [0.25, 0.3) is 0 Å². The van der Waals surface area contributed by atoms with Gasteiger partial charge in [0.05, 0.1) is 19.8 Å². The van der Waals surface area contributed by atoms with Gasteiger partial charge >= 0.3 is 0 Å². The Bertz CT molecular complexity index is 932. The third-order valence-corrected chi connectivity index (χ3v) is 11.1. The van der Waals surface area contributed by atoms with Crippen LogP contribution in [0.1, 0.15) is 84.6 Å². The monoisotopic (exact) mass is 450 g/mol. The summed E-state index contributed by atoms with van der Waals surface area (Å²) in [4.78, 5) is 12.7. The number of methoxy groups -OCH3 is 1. The highest BCUT2D eigenvalue weighted by Crippen LogP contribution is 2.69. The first-order valence-corrected chi connectivity index (χ1v) is 13.2. The van der Waals surface area contributed by atoms with Gasteiger partial charge in [0.15, 0.2) is 0 Å². The van der Waals surface area contributed by atoms with Crippen molar-refractivity contribution in [3.8, 4) is 5.75 Å². The second-order valence-electron chi connectivity index (χ2n) is 12.2. The zero-order chi connectivity index (χ0) is 23.4. The quantitative estimate of drug-likeness (QED) is 0.447. The summed E-state index contributed by atoms with van der Waals surface area (Å²) >= 11 is 0. The van der Waals surface area contributed by atoms with Crippen molar-refractivity contribution < 1.29 is 14.3 Å². The highest BCUT2D eigenvalue weighted by atomic mass is 16.5. The Balaban J connectivity index is 1.28. The topological polar surface area (TPSA) is 35.5 Å². The van der Waals surface area contributed by atoms with Gasteiger partial charge < -0.3 is 9.47 Å². The first-order valence-electron chi connectivity index (χ1n) is 13.2. The Morgan fingerprint density at radius 2 is 1.73 bits per heavy atom. The molecule has 180 valence electrons. The zero-order valence-electron chi connectivity index (χ0n) is 21.3. The predicted molar refractivity (Wildman–Crippen MR) is 132 cm³/mol. The van der Waals surface area contributed by atoms with E-state index in [1.165, 1.54) is 37.7 Å². The van der Waals surface area contributed by atoms with Crippen LogP contribution in [-0.2, 0) is 16.1 Å². The molecule has 3 saturated carbocycles. The fourth-order valence-electron chi connectivity index (χ4n) is 8.55. The number of fused-ring (bicyclic) bond motifs is 5. The second-order valence-corrected chi connectivity index (χ2v) is 12.2. The Kier molecular flexibility index (Phi) is 5.79. The van der Waals surface area contributed by atoms with E-state index in [1.54, 1.807) is 12.7 Å². The molecule has 33 heavy (non-hydrogen) atoms. The molecule has 3 nitrogen and oxygen atoms in total. The molecule has 3 fully saturated rings. The smallest absolute Gasteiger partial charge is 0.136 e. The van der Waals surface area contributed by atoms with Gasteiger partial charge in [-0.15, -0.1) is 0 Å². The highest BCUT2D eigenvalue weighted by Gasteiger charge is 2.63. The lowest BCUT2D eigenvalue weighted by atomic mass is 9.45. The standard InChI is InChI=1S/C30H42O3/c1-20(31)29(3)16-14-27-25-11-8-22-18-24(33-19-21-6-9-23(32-5)10-7-21)12-15-28(22,2)26(25)13-17-30(27,29)4/h6-10,24-27H,11-19H2,1-5H3/t24-,25+,26-,27-,28-,29+,30-/m0/s1. The summed E-state index contributed by atoms with van der Waals surface area (Å²) in [5.74, 6) is 3.52. The van der Waals surface area contributed by atoms with Crippen LogP contribution in [0.5, 0.6) is 5.75 Å². The van der Waals surface area contributed by atoms with Gasteiger partial charge in [0.2, 0.25) is 0 Å². The molecule has 0 aromatic heterocycles. The van der Waals surface area contributed by atoms with Gasteiger partial charge in [-0.2, -0.15) is 0 Å². The van der Waals surface area contributed by atoms with E-state index in [9.17, 15) is 4.79 Å². The van der Waals surface area contributed by atoms with Crippen molar-refractivity contribution in [3.63, 3.8) is 0 Å². The SMILES string of the molecule is COc1ccc(CO[C@H]2CC[C@@]3(C)C(=CC[C@@H]4[C@@H]3CC[C@@]3(C)[C@H]4CC[C@]3(C)C(C)=O)C2)cc1. The van der Waals surface area contributed by atoms with Crippen LogP contribution < -0.4 is 4.74 Å². The molecule has 0 aliphatic heterocycles. The molecule has 3 heteroatoms. The van der Waals surface area contributed by atoms with Crippen LogP contribution >= 0.6 is 0 Å². The van der Waals surface area contributed by atoms with Crippen LogP contribution in [0, 0.1) is 34.0 Å². The van der Waals surface area contributed by atoms with Crippen molar-refractivity contribution >= 4 is 5.78 Å². The molecule has 7 atom stereocenters. The minimum Gasteiger partial charge on any atom is -0.497 e. The zero-order valence-corrected chi connectivity index (χ0v) is 21.3. The third kappa shape index (κ3) is 3.52. The van der Waals surface area contributed by atoms with E-state index in [-0.39, 0.29) is 10.8 Å². The summed E-state index contributed by atoms with van der Waals surface area (Å²) in [6.45, 7) is 9.79. The van der Waals surface area contributed by atoms with Crippen molar-refractivity contribution in [1.29, 1.82) is 0 Å². The summed E-state index contributed by atoms with van der Waals surface area (Å²) in [5.41, 5.74) is 3.24. The van der Waals surface area contributed by atoms with Gasteiger partial charge in [-0.1, -0.05) is 44.6 Å². The minimum atomic E-state index is -0.125. The van der Waals surface area contributed by atoms with Crippen LogP contribution in [0.2, 0.25) is 0 Å². The van der Waals surface area contributed by atoms with Crippen molar-refractivity contribution in [2.24, 2.45) is 34.0 Å². The molecule has 0 radical (unpaired) electrons. The summed E-state index contributed by atoms with van der Waals surface area (Å²) in [6.07, 6.45) is 12.4. The van der Waals surface area contributed by atoms with Gasteiger partial charge in [0, 0.05) is 5.41 Å². The molecule has 0 heterocycles. The largest absolute Gasteiger partial charge is 0.497 e. The summed E-state index contributed by atoms with van der Waals surface area (Å²) in [6, 6.07) is 8.23. The van der Waals surface area contributed by atoms with E-state index in [0.29, 0.717) is 29.8 Å². The van der Waals surface area contributed by atoms with Crippen molar-refractivity contribution in [2.75, 3.05) is 7.11 Å². The number of ketones is 1. The van der Waals surface area contributed by atoms with E-state index < -0.39 is 0 Å². The Morgan fingerprint density at radius 3 is 2.42 bits per heavy atom. The molecule has 0 spiro atoms. The van der Waals surface area contributed by atoms with Crippen molar-refractivity contribution in [3.05, 3.63) is 41.5 Å². The van der Waals surface area contributed by atoms with Crippen molar-refractivity contribution in [2.45, 2.75) is 91.8 Å². The lowest BCUT2D eigenvalue weighted by Crippen LogP contribution is -2.53. The molecule has 0 saturated heterocycles. The average molecular weight is 451 g/mol. The van der Waals surface area contributed by atoms with Crippen LogP contribution in [0.15, 0.2) is 35.9 Å². The first-order chi connectivity index (χ1) is 15.7. The molecule has 1 aromatic rings. The average Bonchev–Trinajstić information content (AvgIpc) is 3.10. The molecule has 1 aromatic carbocycles. The van der Waals surface area contributed by atoms with E-state index in [0.717, 1.165) is 36.8 Å².